The zero-order valence-electron chi connectivity index (χ0n) is 8.28. The monoisotopic (exact) mass is 224 g/mol. The number of fused-ring (bicyclic) bond motifs is 1. The second-order valence-corrected chi connectivity index (χ2v) is 3.77. The highest BCUT2D eigenvalue weighted by Gasteiger charge is 2.13. The van der Waals surface area contributed by atoms with Gasteiger partial charge in [0, 0.05) is 12.4 Å². The second-order valence-electron chi connectivity index (χ2n) is 3.36. The number of benzene rings is 1. The summed E-state index contributed by atoms with van der Waals surface area (Å²) in [5.41, 5.74) is 1.72. The van der Waals surface area contributed by atoms with Gasteiger partial charge in [-0.05, 0) is 19.1 Å². The molecule has 78 valence electrons. The lowest BCUT2D eigenvalue weighted by molar-refractivity contribution is 0.0697. The lowest BCUT2D eigenvalue weighted by Gasteiger charge is -2.00. The number of halogens is 1. The molecular weight excluding hydrogens is 216 g/mol. The molecule has 0 amide bonds. The average molecular weight is 225 g/mol. The van der Waals surface area contributed by atoms with Gasteiger partial charge in [-0.3, -0.25) is 4.68 Å². The van der Waals surface area contributed by atoms with Gasteiger partial charge in [-0.2, -0.15) is 5.10 Å². The third kappa shape index (κ3) is 1.47. The molecule has 2 rings (SSSR count). The Morgan fingerprint density at radius 2 is 2.20 bits per heavy atom. The summed E-state index contributed by atoms with van der Waals surface area (Å²) in [6.07, 6.45) is 0. The summed E-state index contributed by atoms with van der Waals surface area (Å²) >= 11 is 5.86. The lowest BCUT2D eigenvalue weighted by atomic mass is 10.1. The summed E-state index contributed by atoms with van der Waals surface area (Å²) in [4.78, 5) is 10.9. The molecule has 0 saturated carbocycles. The van der Waals surface area contributed by atoms with Crippen LogP contribution < -0.4 is 0 Å². The van der Waals surface area contributed by atoms with Gasteiger partial charge < -0.3 is 5.11 Å². The van der Waals surface area contributed by atoms with E-state index in [4.69, 9.17) is 16.7 Å². The molecule has 5 heteroatoms. The Labute approximate surface area is 91.1 Å². The fraction of sp³-hybridized carbons (Fsp3) is 0.200. The number of carboxylic acid groups (broad SMARTS) is 1. The van der Waals surface area contributed by atoms with Gasteiger partial charge in [0.2, 0.25) is 0 Å². The van der Waals surface area contributed by atoms with Gasteiger partial charge in [0.15, 0.2) is 0 Å². The summed E-state index contributed by atoms with van der Waals surface area (Å²) in [5.74, 6) is -1.03. The summed E-state index contributed by atoms with van der Waals surface area (Å²) in [6, 6.07) is 3.18. The number of hydrogen-bond acceptors (Lipinski definition) is 2. The van der Waals surface area contributed by atoms with E-state index in [0.29, 0.717) is 0 Å². The Hall–Kier alpha value is -1.55. The topological polar surface area (TPSA) is 55.1 Å². The van der Waals surface area contributed by atoms with E-state index in [1.54, 1.807) is 23.9 Å². The third-order valence-corrected chi connectivity index (χ3v) is 2.67. The van der Waals surface area contributed by atoms with E-state index in [-0.39, 0.29) is 10.6 Å². The predicted octanol–water partition coefficient (Wildman–Crippen LogP) is 2.23. The molecule has 0 atom stereocenters. The maximum absolute atomic E-state index is 10.9. The number of aryl methyl sites for hydroxylation is 2. The molecule has 1 aromatic carbocycles. The first-order valence-electron chi connectivity index (χ1n) is 4.37. The van der Waals surface area contributed by atoms with Gasteiger partial charge in [-0.25, -0.2) is 4.79 Å². The highest BCUT2D eigenvalue weighted by Crippen LogP contribution is 2.25. The van der Waals surface area contributed by atoms with Gasteiger partial charge in [-0.1, -0.05) is 11.6 Å². The molecule has 0 bridgehead atoms. The Balaban J connectivity index is 2.85. The Bertz CT molecular complexity index is 560. The van der Waals surface area contributed by atoms with Crippen molar-refractivity contribution in [1.82, 2.24) is 9.78 Å². The minimum Gasteiger partial charge on any atom is -0.478 e. The van der Waals surface area contributed by atoms with E-state index in [1.807, 2.05) is 6.92 Å². The Morgan fingerprint density at radius 3 is 2.80 bits per heavy atom. The van der Waals surface area contributed by atoms with Crippen molar-refractivity contribution in [2.24, 2.45) is 7.05 Å². The van der Waals surface area contributed by atoms with Gasteiger partial charge >= 0.3 is 5.97 Å². The highest BCUT2D eigenvalue weighted by atomic mass is 35.5. The van der Waals surface area contributed by atoms with Crippen molar-refractivity contribution in [3.8, 4) is 0 Å². The van der Waals surface area contributed by atoms with Crippen molar-refractivity contribution in [1.29, 1.82) is 0 Å². The first-order chi connectivity index (χ1) is 7.00. The van der Waals surface area contributed by atoms with Crippen molar-refractivity contribution in [2.45, 2.75) is 6.92 Å². The number of carboxylic acids is 1. The van der Waals surface area contributed by atoms with Crippen LogP contribution >= 0.6 is 11.6 Å². The van der Waals surface area contributed by atoms with Gasteiger partial charge in [-0.15, -0.1) is 0 Å². The Morgan fingerprint density at radius 1 is 1.53 bits per heavy atom. The molecule has 0 fully saturated rings. The van der Waals surface area contributed by atoms with Gasteiger partial charge in [0.05, 0.1) is 21.8 Å². The van der Waals surface area contributed by atoms with Crippen molar-refractivity contribution in [3.05, 3.63) is 28.4 Å². The molecular formula is C10H9ClN2O2. The molecule has 4 nitrogen and oxygen atoms in total. The maximum Gasteiger partial charge on any atom is 0.337 e. The van der Waals surface area contributed by atoms with Gasteiger partial charge in [0.25, 0.3) is 0 Å². The molecule has 1 N–H and O–H groups in total. The second kappa shape index (κ2) is 3.24. The minimum absolute atomic E-state index is 0.104. The van der Waals surface area contributed by atoms with E-state index in [9.17, 15) is 4.79 Å². The molecule has 0 aliphatic rings. The molecule has 0 spiro atoms. The number of nitrogens with zero attached hydrogens (tertiary/aromatic N) is 2. The number of aromatic nitrogens is 2. The van der Waals surface area contributed by atoms with Crippen molar-refractivity contribution in [2.75, 3.05) is 0 Å². The highest BCUT2D eigenvalue weighted by molar-refractivity contribution is 6.34. The fourth-order valence-corrected chi connectivity index (χ4v) is 1.86. The standard InChI is InChI=1S/C10H9ClN2O2/c1-5-6-3-8(11)7(10(14)15)4-9(6)13(2)12-5/h3-4H,1-2H3,(H,14,15). The van der Waals surface area contributed by atoms with Crippen LogP contribution in [-0.2, 0) is 7.05 Å². The summed E-state index contributed by atoms with van der Waals surface area (Å²) < 4.78 is 1.65. The lowest BCUT2D eigenvalue weighted by Crippen LogP contribution is -1.98. The number of rotatable bonds is 1. The molecule has 0 saturated heterocycles. The average Bonchev–Trinajstić information content (AvgIpc) is 2.41. The van der Waals surface area contributed by atoms with E-state index < -0.39 is 5.97 Å². The first-order valence-corrected chi connectivity index (χ1v) is 4.74. The third-order valence-electron chi connectivity index (χ3n) is 2.35. The van der Waals surface area contributed by atoms with Crippen LogP contribution in [-0.4, -0.2) is 20.9 Å². The summed E-state index contributed by atoms with van der Waals surface area (Å²) in [6.45, 7) is 1.86. The van der Waals surface area contributed by atoms with E-state index >= 15 is 0 Å². The smallest absolute Gasteiger partial charge is 0.337 e. The molecule has 1 heterocycles. The van der Waals surface area contributed by atoms with E-state index in [1.165, 1.54) is 0 Å². The molecule has 0 radical (unpaired) electrons. The van der Waals surface area contributed by atoms with Crippen LogP contribution in [0.25, 0.3) is 10.9 Å². The zero-order chi connectivity index (χ0) is 11.2. The molecule has 1 aromatic heterocycles. The molecule has 0 aliphatic heterocycles. The summed E-state index contributed by atoms with van der Waals surface area (Å²) in [7, 11) is 1.77. The SMILES string of the molecule is Cc1nn(C)c2cc(C(=O)O)c(Cl)cc12. The molecule has 15 heavy (non-hydrogen) atoms. The van der Waals surface area contributed by atoms with Crippen molar-refractivity contribution >= 4 is 28.5 Å². The number of aromatic carboxylic acids is 1. The van der Waals surface area contributed by atoms with Crippen LogP contribution in [0, 0.1) is 6.92 Å². The largest absolute Gasteiger partial charge is 0.478 e. The Kier molecular flexibility index (Phi) is 2.16. The molecule has 0 aliphatic carbocycles. The normalized spacial score (nSPS) is 10.9. The predicted molar refractivity (Wildman–Crippen MR) is 57.4 cm³/mol. The quantitative estimate of drug-likeness (QED) is 0.808. The van der Waals surface area contributed by atoms with Crippen molar-refractivity contribution < 1.29 is 9.90 Å². The molecule has 2 aromatic rings. The van der Waals surface area contributed by atoms with Crippen molar-refractivity contribution in [3.63, 3.8) is 0 Å². The van der Waals surface area contributed by atoms with Gasteiger partial charge in [0.1, 0.15) is 0 Å². The van der Waals surface area contributed by atoms with Crippen LogP contribution in [0.2, 0.25) is 5.02 Å². The fourth-order valence-electron chi connectivity index (χ4n) is 1.62. The van der Waals surface area contributed by atoms with Crippen LogP contribution in [0.5, 0.6) is 0 Å². The summed E-state index contributed by atoms with van der Waals surface area (Å²) in [5, 5.41) is 14.2. The minimum atomic E-state index is -1.03. The van der Waals surface area contributed by atoms with E-state index in [0.717, 1.165) is 16.6 Å². The first kappa shape index (κ1) is 9.98. The van der Waals surface area contributed by atoms with Crippen LogP contribution in [0.15, 0.2) is 12.1 Å². The molecule has 0 unspecified atom stereocenters. The van der Waals surface area contributed by atoms with Crippen LogP contribution in [0.3, 0.4) is 0 Å². The van der Waals surface area contributed by atoms with Crippen LogP contribution in [0.4, 0.5) is 0 Å². The maximum atomic E-state index is 10.9. The zero-order valence-corrected chi connectivity index (χ0v) is 9.04. The van der Waals surface area contributed by atoms with E-state index in [2.05, 4.69) is 5.10 Å². The van der Waals surface area contributed by atoms with Crippen LogP contribution in [0.1, 0.15) is 16.1 Å². The number of carbonyl (C=O) groups is 1. The number of hydrogen-bond donors (Lipinski definition) is 1.